The molecule has 2 aromatic rings. The van der Waals surface area contributed by atoms with Crippen LogP contribution < -0.4 is 5.32 Å². The van der Waals surface area contributed by atoms with E-state index in [0.29, 0.717) is 6.54 Å². The van der Waals surface area contributed by atoms with E-state index < -0.39 is 0 Å². The van der Waals surface area contributed by atoms with Crippen LogP contribution >= 0.6 is 12.6 Å². The fourth-order valence-corrected chi connectivity index (χ4v) is 2.84. The highest BCUT2D eigenvalue weighted by Crippen LogP contribution is 2.30. The van der Waals surface area contributed by atoms with Gasteiger partial charge in [-0.15, -0.1) is 12.6 Å². The van der Waals surface area contributed by atoms with Crippen LogP contribution in [0.25, 0.3) is 10.8 Å². The lowest BCUT2D eigenvalue weighted by molar-refractivity contribution is 0.0741. The normalized spacial score (nSPS) is 18.3. The molecule has 0 fully saturated rings. The summed E-state index contributed by atoms with van der Waals surface area (Å²) in [4.78, 5) is 14.3. The first kappa shape index (κ1) is 12.4. The summed E-state index contributed by atoms with van der Waals surface area (Å²) >= 11 is 4.46. The van der Waals surface area contributed by atoms with Crippen molar-refractivity contribution in [3.8, 4) is 0 Å². The molecule has 0 saturated carbocycles. The highest BCUT2D eigenvalue weighted by molar-refractivity contribution is 7.81. The molecule has 0 aromatic heterocycles. The zero-order valence-corrected chi connectivity index (χ0v) is 11.7. The Hall–Kier alpha value is -1.68. The van der Waals surface area contributed by atoms with Crippen LogP contribution in [0.2, 0.25) is 0 Å². The van der Waals surface area contributed by atoms with E-state index in [4.69, 9.17) is 0 Å². The van der Waals surface area contributed by atoms with Crippen LogP contribution in [0.1, 0.15) is 23.7 Å². The van der Waals surface area contributed by atoms with Gasteiger partial charge in [-0.05, 0) is 29.3 Å². The molecule has 1 unspecified atom stereocenters. The Balaban J connectivity index is 2.12. The molecule has 1 heterocycles. The molecule has 0 saturated heterocycles. The first-order valence-corrected chi connectivity index (χ1v) is 7.00. The second kappa shape index (κ2) is 4.78. The molecule has 1 atom stereocenters. The molecule has 0 radical (unpaired) electrons. The van der Waals surface area contributed by atoms with Gasteiger partial charge in [0.05, 0.1) is 5.56 Å². The lowest BCUT2D eigenvalue weighted by atomic mass is 10.0. The minimum absolute atomic E-state index is 0.0568. The fraction of sp³-hybridized carbons (Fsp3) is 0.267. The Bertz CT molecular complexity index is 641. The Morgan fingerprint density at radius 3 is 2.63 bits per heavy atom. The topological polar surface area (TPSA) is 32.3 Å². The van der Waals surface area contributed by atoms with Gasteiger partial charge in [-0.2, -0.15) is 0 Å². The van der Waals surface area contributed by atoms with Gasteiger partial charge in [0.1, 0.15) is 5.50 Å². The summed E-state index contributed by atoms with van der Waals surface area (Å²) in [6.45, 7) is 2.77. The van der Waals surface area contributed by atoms with Crippen molar-refractivity contribution in [2.75, 3.05) is 11.9 Å². The summed E-state index contributed by atoms with van der Waals surface area (Å²) in [6.07, 6.45) is 0.924. The number of hydrogen-bond donors (Lipinski definition) is 2. The number of nitrogens with zero attached hydrogens (tertiary/aromatic N) is 1. The summed E-state index contributed by atoms with van der Waals surface area (Å²) in [5.74, 6) is 0.0568. The van der Waals surface area contributed by atoms with E-state index in [2.05, 4.69) is 24.9 Å². The molecule has 0 bridgehead atoms. The molecular formula is C15H16N2OS. The molecular weight excluding hydrogens is 256 g/mol. The molecule has 1 aliphatic rings. The van der Waals surface area contributed by atoms with Crippen molar-refractivity contribution >= 4 is 35.0 Å². The highest BCUT2D eigenvalue weighted by Gasteiger charge is 2.29. The van der Waals surface area contributed by atoms with Gasteiger partial charge in [-0.3, -0.25) is 4.79 Å². The summed E-state index contributed by atoms with van der Waals surface area (Å²) in [5.41, 5.74) is 1.36. The maximum absolute atomic E-state index is 12.5. The average Bonchev–Trinajstić information content (AvgIpc) is 2.42. The van der Waals surface area contributed by atoms with E-state index in [1.54, 1.807) is 4.90 Å². The lowest BCUT2D eigenvalue weighted by Crippen LogP contribution is -2.46. The van der Waals surface area contributed by atoms with Crippen molar-refractivity contribution in [3.63, 3.8) is 0 Å². The summed E-state index contributed by atoms with van der Waals surface area (Å²) in [5, 5.41) is 5.51. The summed E-state index contributed by atoms with van der Waals surface area (Å²) in [7, 11) is 0. The number of carbonyl (C=O) groups is 1. The predicted octanol–water partition coefficient (Wildman–Crippen LogP) is 3.33. The molecule has 4 heteroatoms. The minimum atomic E-state index is -0.249. The van der Waals surface area contributed by atoms with Crippen molar-refractivity contribution < 1.29 is 4.79 Å². The molecule has 0 spiro atoms. The Kier molecular flexibility index (Phi) is 3.11. The van der Waals surface area contributed by atoms with E-state index in [0.717, 1.165) is 28.4 Å². The van der Waals surface area contributed by atoms with Crippen molar-refractivity contribution in [1.29, 1.82) is 0 Å². The Morgan fingerprint density at radius 1 is 1.26 bits per heavy atom. The molecule has 3 rings (SSSR count). The van der Waals surface area contributed by atoms with Crippen molar-refractivity contribution in [2.45, 2.75) is 18.8 Å². The molecule has 0 aliphatic carbocycles. The number of amides is 1. The zero-order chi connectivity index (χ0) is 13.4. The van der Waals surface area contributed by atoms with Crippen molar-refractivity contribution in [2.24, 2.45) is 0 Å². The van der Waals surface area contributed by atoms with Gasteiger partial charge >= 0.3 is 0 Å². The molecule has 1 aliphatic heterocycles. The first-order valence-electron chi connectivity index (χ1n) is 6.49. The van der Waals surface area contributed by atoms with Crippen molar-refractivity contribution in [1.82, 2.24) is 4.90 Å². The van der Waals surface area contributed by atoms with Crippen LogP contribution in [0.4, 0.5) is 5.69 Å². The van der Waals surface area contributed by atoms with Gasteiger partial charge in [0, 0.05) is 12.2 Å². The van der Waals surface area contributed by atoms with Gasteiger partial charge in [0.25, 0.3) is 5.91 Å². The maximum Gasteiger partial charge on any atom is 0.258 e. The van der Waals surface area contributed by atoms with Crippen LogP contribution in [-0.2, 0) is 0 Å². The number of anilines is 1. The van der Waals surface area contributed by atoms with Gasteiger partial charge in [-0.25, -0.2) is 0 Å². The van der Waals surface area contributed by atoms with Crippen LogP contribution in [0.15, 0.2) is 36.4 Å². The van der Waals surface area contributed by atoms with E-state index in [1.165, 1.54) is 0 Å². The quantitative estimate of drug-likeness (QED) is 0.822. The number of fused-ring (bicyclic) bond motifs is 2. The van der Waals surface area contributed by atoms with Gasteiger partial charge < -0.3 is 10.2 Å². The highest BCUT2D eigenvalue weighted by atomic mass is 32.1. The number of rotatable bonds is 2. The molecule has 1 amide bonds. The number of nitrogens with one attached hydrogen (secondary N) is 1. The van der Waals surface area contributed by atoms with E-state index in [-0.39, 0.29) is 11.4 Å². The molecule has 19 heavy (non-hydrogen) atoms. The fourth-order valence-electron chi connectivity index (χ4n) is 2.48. The van der Waals surface area contributed by atoms with E-state index in [9.17, 15) is 4.79 Å². The third-order valence-corrected chi connectivity index (χ3v) is 3.83. The Labute approximate surface area is 118 Å². The maximum atomic E-state index is 12.5. The minimum Gasteiger partial charge on any atom is -0.356 e. The lowest BCUT2D eigenvalue weighted by Gasteiger charge is -2.35. The van der Waals surface area contributed by atoms with Gasteiger partial charge in [-0.1, -0.05) is 31.2 Å². The van der Waals surface area contributed by atoms with E-state index >= 15 is 0 Å². The first-order chi connectivity index (χ1) is 9.20. The molecule has 98 valence electrons. The van der Waals surface area contributed by atoms with Gasteiger partial charge in [0.15, 0.2) is 0 Å². The molecule has 1 N–H and O–H groups in total. The number of hydrogen-bond acceptors (Lipinski definition) is 3. The average molecular weight is 272 g/mol. The largest absolute Gasteiger partial charge is 0.356 e. The van der Waals surface area contributed by atoms with Crippen LogP contribution in [0, 0.1) is 0 Å². The molecule has 3 nitrogen and oxygen atoms in total. The number of benzene rings is 2. The number of carbonyl (C=O) groups excluding carboxylic acids is 1. The second-order valence-corrected chi connectivity index (χ2v) is 5.25. The third-order valence-electron chi connectivity index (χ3n) is 3.42. The van der Waals surface area contributed by atoms with Crippen LogP contribution in [0.5, 0.6) is 0 Å². The monoisotopic (exact) mass is 272 g/mol. The SMILES string of the molecule is CCCN1C(=O)c2cc3ccccc3cc2NC1S. The van der Waals surface area contributed by atoms with E-state index in [1.807, 2.05) is 36.4 Å². The van der Waals surface area contributed by atoms with Crippen molar-refractivity contribution in [3.05, 3.63) is 42.0 Å². The standard InChI is InChI=1S/C15H16N2OS/c1-2-7-17-14(18)12-8-10-5-3-4-6-11(10)9-13(12)16-15(17)19/h3-6,8-9,15-16,19H,2,7H2,1H3. The van der Waals surface area contributed by atoms with Gasteiger partial charge in [0.2, 0.25) is 0 Å². The second-order valence-electron chi connectivity index (χ2n) is 4.76. The third kappa shape index (κ3) is 2.06. The predicted molar refractivity (Wildman–Crippen MR) is 81.7 cm³/mol. The number of thiol groups is 1. The van der Waals surface area contributed by atoms with Crippen LogP contribution in [-0.4, -0.2) is 22.8 Å². The zero-order valence-electron chi connectivity index (χ0n) is 10.8. The summed E-state index contributed by atoms with van der Waals surface area (Å²) < 4.78 is 0. The summed E-state index contributed by atoms with van der Waals surface area (Å²) in [6, 6.07) is 12.0. The molecule has 2 aromatic carbocycles. The Morgan fingerprint density at radius 2 is 1.95 bits per heavy atom. The smallest absolute Gasteiger partial charge is 0.258 e. The van der Waals surface area contributed by atoms with Crippen LogP contribution in [0.3, 0.4) is 0 Å².